The van der Waals surface area contributed by atoms with E-state index in [1.165, 1.54) is 5.56 Å². The van der Waals surface area contributed by atoms with Gasteiger partial charge in [0.1, 0.15) is 11.4 Å². The van der Waals surface area contributed by atoms with Gasteiger partial charge in [0.2, 0.25) is 0 Å². The zero-order valence-electron chi connectivity index (χ0n) is 15.8. The SMILES string of the molecule is COc1ccc2cc(-c3n[nH]c4c3C3(CCC3)N(C(=O)NC3CC3)C4)[nH]c2c1. The smallest absolute Gasteiger partial charge is 0.318 e. The van der Waals surface area contributed by atoms with Crippen molar-refractivity contribution in [2.45, 2.75) is 50.2 Å². The van der Waals surface area contributed by atoms with Gasteiger partial charge in [0.05, 0.1) is 30.6 Å². The van der Waals surface area contributed by atoms with Gasteiger partial charge in [0, 0.05) is 28.6 Å². The maximum Gasteiger partial charge on any atom is 0.318 e. The highest BCUT2D eigenvalue weighted by atomic mass is 16.5. The number of rotatable bonds is 3. The monoisotopic (exact) mass is 377 g/mol. The van der Waals surface area contributed by atoms with Crippen LogP contribution in [0, 0.1) is 0 Å². The number of nitrogens with one attached hydrogen (secondary N) is 3. The van der Waals surface area contributed by atoms with E-state index in [1.54, 1.807) is 7.11 Å². The Labute approximate surface area is 162 Å². The normalized spacial score (nSPS) is 19.7. The Hall–Kier alpha value is -2.96. The van der Waals surface area contributed by atoms with Gasteiger partial charge in [0.25, 0.3) is 0 Å². The molecule has 3 heterocycles. The first-order chi connectivity index (χ1) is 13.7. The number of carbonyl (C=O) groups is 1. The molecule has 3 N–H and O–H groups in total. The molecule has 2 aliphatic carbocycles. The summed E-state index contributed by atoms with van der Waals surface area (Å²) in [7, 11) is 1.67. The molecule has 0 bridgehead atoms. The number of methoxy groups -OCH3 is 1. The number of hydrogen-bond acceptors (Lipinski definition) is 3. The number of benzene rings is 1. The van der Waals surface area contributed by atoms with Crippen molar-refractivity contribution in [2.75, 3.05) is 7.11 Å². The predicted molar refractivity (Wildman–Crippen MR) is 105 cm³/mol. The number of carbonyl (C=O) groups excluding carboxylic acids is 1. The lowest BCUT2D eigenvalue weighted by Gasteiger charge is -2.46. The predicted octanol–water partition coefficient (Wildman–Crippen LogP) is 3.63. The number of fused-ring (bicyclic) bond motifs is 3. The molecule has 0 radical (unpaired) electrons. The summed E-state index contributed by atoms with van der Waals surface area (Å²) in [5.74, 6) is 0.826. The Bertz CT molecular complexity index is 1090. The van der Waals surface area contributed by atoms with Crippen LogP contribution in [0.15, 0.2) is 24.3 Å². The van der Waals surface area contributed by atoms with Crippen molar-refractivity contribution in [1.29, 1.82) is 0 Å². The zero-order chi connectivity index (χ0) is 18.9. The van der Waals surface area contributed by atoms with Crippen LogP contribution in [0.4, 0.5) is 4.79 Å². The fourth-order valence-corrected chi connectivity index (χ4v) is 4.77. The highest BCUT2D eigenvalue weighted by Crippen LogP contribution is 2.54. The second-order valence-corrected chi connectivity index (χ2v) is 8.26. The molecule has 144 valence electrons. The number of ether oxygens (including phenoxy) is 1. The van der Waals surface area contributed by atoms with Crippen molar-refractivity contribution in [3.05, 3.63) is 35.5 Å². The summed E-state index contributed by atoms with van der Waals surface area (Å²) in [6.07, 6.45) is 5.34. The Morgan fingerprint density at radius 3 is 2.89 bits per heavy atom. The van der Waals surface area contributed by atoms with E-state index in [9.17, 15) is 4.79 Å². The summed E-state index contributed by atoms with van der Waals surface area (Å²) in [4.78, 5) is 18.4. The molecular formula is C21H23N5O2. The minimum Gasteiger partial charge on any atom is -0.497 e. The first-order valence-electron chi connectivity index (χ1n) is 10.0. The molecule has 0 saturated heterocycles. The molecule has 2 saturated carbocycles. The lowest BCUT2D eigenvalue weighted by atomic mass is 9.71. The quantitative estimate of drug-likeness (QED) is 0.651. The Morgan fingerprint density at radius 2 is 2.18 bits per heavy atom. The molecule has 2 fully saturated rings. The largest absolute Gasteiger partial charge is 0.497 e. The van der Waals surface area contributed by atoms with Gasteiger partial charge in [0.15, 0.2) is 0 Å². The molecule has 1 spiro atoms. The molecule has 7 heteroatoms. The zero-order valence-corrected chi connectivity index (χ0v) is 15.8. The number of aromatic nitrogens is 3. The summed E-state index contributed by atoms with van der Waals surface area (Å²) in [6, 6.07) is 8.58. The molecule has 3 aliphatic rings. The third-order valence-electron chi connectivity index (χ3n) is 6.56. The summed E-state index contributed by atoms with van der Waals surface area (Å²) in [5, 5.41) is 12.1. The molecule has 2 amide bonds. The van der Waals surface area contributed by atoms with Gasteiger partial charge in [-0.05, 0) is 50.3 Å². The van der Waals surface area contributed by atoms with Crippen LogP contribution in [0.2, 0.25) is 0 Å². The van der Waals surface area contributed by atoms with Gasteiger partial charge in [-0.1, -0.05) is 0 Å². The van der Waals surface area contributed by atoms with Gasteiger partial charge in [-0.15, -0.1) is 0 Å². The first-order valence-corrected chi connectivity index (χ1v) is 10.0. The van der Waals surface area contributed by atoms with Crippen LogP contribution in [-0.2, 0) is 12.1 Å². The highest BCUT2D eigenvalue weighted by Gasteiger charge is 2.54. The van der Waals surface area contributed by atoms with Crippen molar-refractivity contribution in [2.24, 2.45) is 0 Å². The van der Waals surface area contributed by atoms with Gasteiger partial charge in [-0.25, -0.2) is 4.79 Å². The number of hydrogen-bond donors (Lipinski definition) is 3. The van der Waals surface area contributed by atoms with Gasteiger partial charge in [-0.3, -0.25) is 5.10 Å². The standard InChI is InChI=1S/C21H23N5O2/c1-28-14-6-3-12-9-16(23-15(12)10-14)19-18-17(24-25-19)11-26(21(18)7-2-8-21)20(27)22-13-4-5-13/h3,6,9-10,13,23H,2,4-5,7-8,11H2,1H3,(H,22,27)(H,24,25). The minimum atomic E-state index is -0.217. The van der Waals surface area contributed by atoms with E-state index in [2.05, 4.69) is 32.6 Å². The Balaban J connectivity index is 1.41. The van der Waals surface area contributed by atoms with E-state index in [-0.39, 0.29) is 11.6 Å². The summed E-state index contributed by atoms with van der Waals surface area (Å²) in [5.41, 5.74) is 4.99. The van der Waals surface area contributed by atoms with Crippen molar-refractivity contribution in [1.82, 2.24) is 25.4 Å². The van der Waals surface area contributed by atoms with Gasteiger partial charge >= 0.3 is 6.03 Å². The summed E-state index contributed by atoms with van der Waals surface area (Å²) < 4.78 is 5.34. The van der Waals surface area contributed by atoms with Crippen LogP contribution in [-0.4, -0.2) is 39.3 Å². The fourth-order valence-electron chi connectivity index (χ4n) is 4.77. The van der Waals surface area contributed by atoms with Crippen LogP contribution in [0.25, 0.3) is 22.3 Å². The topological polar surface area (TPSA) is 86.0 Å². The molecule has 3 aromatic rings. The lowest BCUT2D eigenvalue weighted by molar-refractivity contribution is 0.0556. The van der Waals surface area contributed by atoms with E-state index < -0.39 is 0 Å². The molecule has 1 aliphatic heterocycles. The van der Waals surface area contributed by atoms with Crippen LogP contribution >= 0.6 is 0 Å². The van der Waals surface area contributed by atoms with Crippen LogP contribution < -0.4 is 10.1 Å². The Morgan fingerprint density at radius 1 is 1.32 bits per heavy atom. The Kier molecular flexibility index (Phi) is 3.17. The maximum atomic E-state index is 12.9. The van der Waals surface area contributed by atoms with E-state index in [1.807, 2.05) is 17.0 Å². The van der Waals surface area contributed by atoms with Crippen molar-refractivity contribution in [3.63, 3.8) is 0 Å². The van der Waals surface area contributed by atoms with E-state index in [0.717, 1.165) is 65.8 Å². The summed E-state index contributed by atoms with van der Waals surface area (Å²) in [6.45, 7) is 0.606. The molecule has 0 unspecified atom stereocenters. The molecule has 1 aromatic carbocycles. The van der Waals surface area contributed by atoms with Gasteiger partial charge < -0.3 is 19.9 Å². The van der Waals surface area contributed by atoms with E-state index >= 15 is 0 Å². The van der Waals surface area contributed by atoms with Crippen LogP contribution in [0.3, 0.4) is 0 Å². The van der Waals surface area contributed by atoms with Gasteiger partial charge in [-0.2, -0.15) is 5.10 Å². The highest BCUT2D eigenvalue weighted by molar-refractivity contribution is 5.87. The average Bonchev–Trinajstić information content (AvgIpc) is 3.10. The minimum absolute atomic E-state index is 0.0686. The van der Waals surface area contributed by atoms with E-state index in [0.29, 0.717) is 12.6 Å². The van der Waals surface area contributed by atoms with Crippen LogP contribution in [0.5, 0.6) is 5.75 Å². The second kappa shape index (κ2) is 5.53. The second-order valence-electron chi connectivity index (χ2n) is 8.26. The number of nitrogens with zero attached hydrogens (tertiary/aromatic N) is 2. The maximum absolute atomic E-state index is 12.9. The number of amides is 2. The van der Waals surface area contributed by atoms with Crippen molar-refractivity contribution >= 4 is 16.9 Å². The van der Waals surface area contributed by atoms with Crippen LogP contribution in [0.1, 0.15) is 43.4 Å². The first kappa shape index (κ1) is 16.0. The molecule has 2 aromatic heterocycles. The average molecular weight is 377 g/mol. The number of urea groups is 1. The molecule has 0 atom stereocenters. The third-order valence-corrected chi connectivity index (χ3v) is 6.56. The molecular weight excluding hydrogens is 354 g/mol. The lowest BCUT2D eigenvalue weighted by Crippen LogP contribution is -2.53. The fraction of sp³-hybridized carbons (Fsp3) is 0.429. The molecule has 7 nitrogen and oxygen atoms in total. The summed E-state index contributed by atoms with van der Waals surface area (Å²) >= 11 is 0. The molecule has 6 rings (SSSR count). The number of H-pyrrole nitrogens is 2. The van der Waals surface area contributed by atoms with E-state index in [4.69, 9.17) is 4.74 Å². The number of aromatic amines is 2. The molecule has 28 heavy (non-hydrogen) atoms. The van der Waals surface area contributed by atoms with Crippen molar-refractivity contribution in [3.8, 4) is 17.1 Å². The third kappa shape index (κ3) is 2.16. The van der Waals surface area contributed by atoms with Crippen molar-refractivity contribution < 1.29 is 9.53 Å².